The van der Waals surface area contributed by atoms with Gasteiger partial charge >= 0.3 is 6.18 Å². The number of rotatable bonds is 3. The van der Waals surface area contributed by atoms with Crippen molar-refractivity contribution >= 4 is 17.2 Å². The summed E-state index contributed by atoms with van der Waals surface area (Å²) in [7, 11) is 0. The normalized spacial score (nSPS) is 16.5. The van der Waals surface area contributed by atoms with E-state index in [9.17, 15) is 22.8 Å². The second-order valence-corrected chi connectivity index (χ2v) is 6.75. The quantitative estimate of drug-likeness (QED) is 0.878. The highest BCUT2D eigenvalue weighted by atomic mass is 32.1. The van der Waals surface area contributed by atoms with Crippen molar-refractivity contribution in [3.63, 3.8) is 0 Å². The Morgan fingerprint density at radius 3 is 2.77 bits per heavy atom. The molecule has 3 heterocycles. The van der Waals surface area contributed by atoms with E-state index in [1.54, 1.807) is 5.51 Å². The van der Waals surface area contributed by atoms with E-state index in [-0.39, 0.29) is 0 Å². The minimum Gasteiger partial charge on any atom is -0.337 e. The van der Waals surface area contributed by atoms with Gasteiger partial charge in [0.15, 0.2) is 0 Å². The van der Waals surface area contributed by atoms with Gasteiger partial charge in [-0.3, -0.25) is 14.5 Å². The first-order valence-electron chi connectivity index (χ1n) is 8.03. The molecule has 0 spiro atoms. The van der Waals surface area contributed by atoms with Gasteiger partial charge in [0.1, 0.15) is 5.56 Å². The lowest BCUT2D eigenvalue weighted by molar-refractivity contribution is -0.137. The Labute approximate surface area is 151 Å². The summed E-state index contributed by atoms with van der Waals surface area (Å²) in [6, 6.07) is 0.624. The zero-order valence-electron chi connectivity index (χ0n) is 13.8. The number of pyridine rings is 1. The molecule has 1 amide bonds. The number of amides is 1. The molecule has 2 aromatic rings. The molecule has 10 heteroatoms. The maximum Gasteiger partial charge on any atom is 0.417 e. The minimum absolute atomic E-state index is 0.346. The van der Waals surface area contributed by atoms with Crippen LogP contribution in [-0.2, 0) is 12.7 Å². The smallest absolute Gasteiger partial charge is 0.337 e. The summed E-state index contributed by atoms with van der Waals surface area (Å²) in [6.45, 7) is 2.72. The van der Waals surface area contributed by atoms with E-state index in [1.165, 1.54) is 16.2 Å². The first kappa shape index (κ1) is 18.6. The van der Waals surface area contributed by atoms with Crippen molar-refractivity contribution in [3.05, 3.63) is 50.3 Å². The third kappa shape index (κ3) is 4.31. The highest BCUT2D eigenvalue weighted by molar-refractivity contribution is 7.07. The highest BCUT2D eigenvalue weighted by Gasteiger charge is 2.33. The first-order valence-corrected chi connectivity index (χ1v) is 8.97. The maximum atomic E-state index is 12.8. The van der Waals surface area contributed by atoms with E-state index in [1.807, 2.05) is 10.4 Å². The monoisotopic (exact) mass is 386 g/mol. The lowest BCUT2D eigenvalue weighted by Crippen LogP contribution is -2.38. The molecule has 6 nitrogen and oxygen atoms in total. The van der Waals surface area contributed by atoms with Crippen molar-refractivity contribution in [2.24, 2.45) is 0 Å². The lowest BCUT2D eigenvalue weighted by Gasteiger charge is -2.21. The Bertz CT molecular complexity index is 820. The van der Waals surface area contributed by atoms with Crippen LogP contribution in [0.25, 0.3) is 0 Å². The molecule has 1 aliphatic heterocycles. The van der Waals surface area contributed by atoms with Crippen LogP contribution < -0.4 is 5.56 Å². The standard InChI is InChI=1S/C16H17F3N4O2S/c17-16(18,19)11-6-13(14(24)20-7-11)15(25)23-3-1-2-22(4-5-23)8-12-9-26-10-21-12/h6-7,9-10H,1-5,8H2,(H,20,24). The van der Waals surface area contributed by atoms with Crippen LogP contribution in [0.4, 0.5) is 13.2 Å². The molecule has 140 valence electrons. The average molecular weight is 386 g/mol. The van der Waals surface area contributed by atoms with Crippen molar-refractivity contribution in [1.29, 1.82) is 0 Å². The lowest BCUT2D eigenvalue weighted by atomic mass is 10.1. The Morgan fingerprint density at radius 1 is 1.27 bits per heavy atom. The molecule has 0 unspecified atom stereocenters. The summed E-state index contributed by atoms with van der Waals surface area (Å²) in [6.07, 6.45) is -3.37. The summed E-state index contributed by atoms with van der Waals surface area (Å²) in [4.78, 5) is 34.3. The van der Waals surface area contributed by atoms with Crippen LogP contribution in [0.2, 0.25) is 0 Å². The SMILES string of the molecule is O=C(c1cc(C(F)(F)F)c[nH]c1=O)N1CCCN(Cc2cscn2)CC1. The number of H-pyrrole nitrogens is 1. The van der Waals surface area contributed by atoms with Gasteiger partial charge in [0.25, 0.3) is 11.5 Å². The summed E-state index contributed by atoms with van der Waals surface area (Å²) in [5.74, 6) is -0.673. The van der Waals surface area contributed by atoms with E-state index in [0.717, 1.165) is 12.2 Å². The molecule has 0 bridgehead atoms. The molecule has 0 aliphatic carbocycles. The molecular formula is C16H17F3N4O2S. The number of nitrogens with zero attached hydrogens (tertiary/aromatic N) is 3. The number of alkyl halides is 3. The number of carbonyl (C=O) groups is 1. The summed E-state index contributed by atoms with van der Waals surface area (Å²) < 4.78 is 38.5. The van der Waals surface area contributed by atoms with Crippen molar-refractivity contribution < 1.29 is 18.0 Å². The zero-order valence-corrected chi connectivity index (χ0v) is 14.6. The van der Waals surface area contributed by atoms with Gasteiger partial charge in [-0.05, 0) is 12.5 Å². The Morgan fingerprint density at radius 2 is 2.08 bits per heavy atom. The van der Waals surface area contributed by atoms with Crippen LogP contribution in [0.15, 0.2) is 27.9 Å². The van der Waals surface area contributed by atoms with Gasteiger partial charge in [0, 0.05) is 44.3 Å². The van der Waals surface area contributed by atoms with Crippen LogP contribution in [0.5, 0.6) is 0 Å². The molecule has 1 aliphatic rings. The Balaban J connectivity index is 1.71. The van der Waals surface area contributed by atoms with Crippen molar-refractivity contribution in [1.82, 2.24) is 19.8 Å². The fraction of sp³-hybridized carbons (Fsp3) is 0.438. The number of aromatic nitrogens is 2. The van der Waals surface area contributed by atoms with Crippen molar-refractivity contribution in [2.45, 2.75) is 19.1 Å². The second-order valence-electron chi connectivity index (χ2n) is 6.03. The van der Waals surface area contributed by atoms with Gasteiger partial charge in [-0.1, -0.05) is 0 Å². The Kier molecular flexibility index (Phi) is 5.42. The Hall–Kier alpha value is -2.20. The van der Waals surface area contributed by atoms with E-state index in [2.05, 4.69) is 9.88 Å². The number of hydrogen-bond acceptors (Lipinski definition) is 5. The second kappa shape index (κ2) is 7.58. The number of thiazole rings is 1. The number of nitrogens with one attached hydrogen (secondary N) is 1. The molecule has 0 atom stereocenters. The topological polar surface area (TPSA) is 69.3 Å². The first-order chi connectivity index (χ1) is 12.3. The van der Waals surface area contributed by atoms with Gasteiger partial charge < -0.3 is 9.88 Å². The van der Waals surface area contributed by atoms with Crippen LogP contribution >= 0.6 is 11.3 Å². The molecule has 0 aromatic carbocycles. The molecule has 0 radical (unpaired) electrons. The molecule has 1 saturated heterocycles. The fourth-order valence-corrected chi connectivity index (χ4v) is 3.40. The zero-order chi connectivity index (χ0) is 18.7. The fourth-order valence-electron chi connectivity index (χ4n) is 2.85. The van der Waals surface area contributed by atoms with E-state index in [0.29, 0.717) is 44.9 Å². The molecule has 0 saturated carbocycles. The maximum absolute atomic E-state index is 12.8. The average Bonchev–Trinajstić information content (AvgIpc) is 2.98. The number of aromatic amines is 1. The summed E-state index contributed by atoms with van der Waals surface area (Å²) >= 11 is 1.51. The predicted octanol–water partition coefficient (Wildman–Crippen LogP) is 2.20. The number of carbonyl (C=O) groups excluding carboxylic acids is 1. The van der Waals surface area contributed by atoms with Gasteiger partial charge in [-0.2, -0.15) is 13.2 Å². The molecule has 26 heavy (non-hydrogen) atoms. The van der Waals surface area contributed by atoms with Gasteiger partial charge in [-0.25, -0.2) is 4.98 Å². The van der Waals surface area contributed by atoms with Crippen LogP contribution in [0.1, 0.15) is 28.0 Å². The van der Waals surface area contributed by atoms with Crippen LogP contribution in [0.3, 0.4) is 0 Å². The molecular weight excluding hydrogens is 369 g/mol. The number of halogens is 3. The van der Waals surface area contributed by atoms with E-state index < -0.39 is 28.8 Å². The van der Waals surface area contributed by atoms with E-state index in [4.69, 9.17) is 0 Å². The summed E-state index contributed by atoms with van der Waals surface area (Å²) in [5.41, 5.74) is 0.368. The van der Waals surface area contributed by atoms with Crippen LogP contribution in [0, 0.1) is 0 Å². The van der Waals surface area contributed by atoms with E-state index >= 15 is 0 Å². The highest BCUT2D eigenvalue weighted by Crippen LogP contribution is 2.28. The van der Waals surface area contributed by atoms with Gasteiger partial charge in [0.05, 0.1) is 16.8 Å². The van der Waals surface area contributed by atoms with Crippen LogP contribution in [-0.4, -0.2) is 51.9 Å². The van der Waals surface area contributed by atoms with Gasteiger partial charge in [-0.15, -0.1) is 11.3 Å². The predicted molar refractivity (Wildman–Crippen MR) is 90.0 cm³/mol. The molecule has 1 fully saturated rings. The summed E-state index contributed by atoms with van der Waals surface area (Å²) in [5, 5.41) is 1.95. The van der Waals surface area contributed by atoms with Crippen molar-refractivity contribution in [2.75, 3.05) is 26.2 Å². The minimum atomic E-state index is -4.62. The molecule has 2 aromatic heterocycles. The van der Waals surface area contributed by atoms with Gasteiger partial charge in [0.2, 0.25) is 0 Å². The number of hydrogen-bond donors (Lipinski definition) is 1. The third-order valence-electron chi connectivity index (χ3n) is 4.21. The molecule has 3 rings (SSSR count). The molecule has 1 N–H and O–H groups in total. The third-order valence-corrected chi connectivity index (χ3v) is 4.84. The van der Waals surface area contributed by atoms with Crippen molar-refractivity contribution in [3.8, 4) is 0 Å². The largest absolute Gasteiger partial charge is 0.417 e.